The van der Waals surface area contributed by atoms with Gasteiger partial charge in [-0.25, -0.2) is 13.1 Å². The van der Waals surface area contributed by atoms with Crippen LogP contribution < -0.4 is 10.0 Å². The summed E-state index contributed by atoms with van der Waals surface area (Å²) in [6.07, 6.45) is 0. The molecule has 0 atom stereocenters. The van der Waals surface area contributed by atoms with Gasteiger partial charge in [-0.05, 0) is 40.4 Å². The minimum atomic E-state index is -3.43. The second-order valence-corrected chi connectivity index (χ2v) is 7.46. The maximum Gasteiger partial charge on any atom is 0.242 e. The zero-order chi connectivity index (χ0) is 13.7. The molecule has 0 aromatic carbocycles. The van der Waals surface area contributed by atoms with Crippen LogP contribution in [-0.4, -0.2) is 15.0 Å². The van der Waals surface area contributed by atoms with E-state index in [1.807, 2.05) is 29.1 Å². The monoisotopic (exact) mass is 316 g/mol. The first-order chi connectivity index (χ1) is 9.13. The SMILES string of the molecule is CCNCc1sccc1S(=O)(=O)NCc1ccsc1. The molecule has 0 unspecified atom stereocenters. The Balaban J connectivity index is 2.08. The van der Waals surface area contributed by atoms with E-state index in [9.17, 15) is 8.42 Å². The molecule has 7 heteroatoms. The van der Waals surface area contributed by atoms with Gasteiger partial charge in [-0.2, -0.15) is 11.3 Å². The summed E-state index contributed by atoms with van der Waals surface area (Å²) in [5.41, 5.74) is 0.983. The first kappa shape index (κ1) is 14.7. The molecule has 2 aromatic rings. The summed E-state index contributed by atoms with van der Waals surface area (Å²) >= 11 is 3.02. The molecule has 0 spiro atoms. The lowest BCUT2D eigenvalue weighted by atomic mass is 10.4. The van der Waals surface area contributed by atoms with E-state index < -0.39 is 10.0 Å². The maximum absolute atomic E-state index is 12.2. The Morgan fingerprint density at radius 3 is 2.74 bits per heavy atom. The lowest BCUT2D eigenvalue weighted by Gasteiger charge is -2.07. The molecule has 0 aliphatic heterocycles. The first-order valence-corrected chi connectivity index (χ1v) is 9.22. The van der Waals surface area contributed by atoms with E-state index in [2.05, 4.69) is 10.0 Å². The number of hydrogen-bond acceptors (Lipinski definition) is 5. The highest BCUT2D eigenvalue weighted by molar-refractivity contribution is 7.89. The second kappa shape index (κ2) is 6.62. The fourth-order valence-electron chi connectivity index (χ4n) is 1.59. The van der Waals surface area contributed by atoms with E-state index in [-0.39, 0.29) is 0 Å². The highest BCUT2D eigenvalue weighted by Gasteiger charge is 2.19. The van der Waals surface area contributed by atoms with Crippen LogP contribution in [0, 0.1) is 0 Å². The van der Waals surface area contributed by atoms with Gasteiger partial charge in [0.1, 0.15) is 0 Å². The van der Waals surface area contributed by atoms with Crippen molar-refractivity contribution in [1.82, 2.24) is 10.0 Å². The number of hydrogen-bond donors (Lipinski definition) is 2. The van der Waals surface area contributed by atoms with E-state index in [0.29, 0.717) is 18.0 Å². The smallest absolute Gasteiger partial charge is 0.242 e. The van der Waals surface area contributed by atoms with Crippen molar-refractivity contribution >= 4 is 32.7 Å². The average molecular weight is 316 g/mol. The molecule has 2 aromatic heterocycles. The van der Waals surface area contributed by atoms with Crippen LogP contribution in [0.2, 0.25) is 0 Å². The largest absolute Gasteiger partial charge is 0.312 e. The Bertz CT molecular complexity index is 603. The van der Waals surface area contributed by atoms with E-state index in [1.54, 1.807) is 17.4 Å². The summed E-state index contributed by atoms with van der Waals surface area (Å²) in [7, 11) is -3.43. The highest BCUT2D eigenvalue weighted by Crippen LogP contribution is 2.22. The molecule has 4 nitrogen and oxygen atoms in total. The van der Waals surface area contributed by atoms with Crippen LogP contribution in [0.3, 0.4) is 0 Å². The van der Waals surface area contributed by atoms with Crippen molar-refractivity contribution in [3.05, 3.63) is 38.7 Å². The van der Waals surface area contributed by atoms with Crippen LogP contribution in [0.1, 0.15) is 17.4 Å². The quantitative estimate of drug-likeness (QED) is 0.824. The van der Waals surface area contributed by atoms with Crippen molar-refractivity contribution in [3.8, 4) is 0 Å². The van der Waals surface area contributed by atoms with Crippen molar-refractivity contribution in [1.29, 1.82) is 0 Å². The summed E-state index contributed by atoms with van der Waals surface area (Å²) in [6.45, 7) is 3.74. The average Bonchev–Trinajstić information content (AvgIpc) is 3.05. The van der Waals surface area contributed by atoms with Gasteiger partial charge in [-0.3, -0.25) is 0 Å². The van der Waals surface area contributed by atoms with E-state index in [1.165, 1.54) is 11.3 Å². The van der Waals surface area contributed by atoms with Crippen LogP contribution >= 0.6 is 22.7 Å². The van der Waals surface area contributed by atoms with Crippen molar-refractivity contribution in [2.24, 2.45) is 0 Å². The van der Waals surface area contributed by atoms with Gasteiger partial charge in [0.15, 0.2) is 0 Å². The van der Waals surface area contributed by atoms with Crippen LogP contribution in [-0.2, 0) is 23.1 Å². The molecule has 0 fully saturated rings. The van der Waals surface area contributed by atoms with Gasteiger partial charge < -0.3 is 5.32 Å². The van der Waals surface area contributed by atoms with E-state index >= 15 is 0 Å². The zero-order valence-electron chi connectivity index (χ0n) is 10.5. The molecule has 2 heterocycles. The summed E-state index contributed by atoms with van der Waals surface area (Å²) in [4.78, 5) is 1.23. The van der Waals surface area contributed by atoms with Crippen molar-refractivity contribution in [2.45, 2.75) is 24.9 Å². The molecule has 0 amide bonds. The number of thiophene rings is 2. The third-order valence-corrected chi connectivity index (χ3v) is 5.84. The Hall–Kier alpha value is -0.730. The fraction of sp³-hybridized carbons (Fsp3) is 0.333. The van der Waals surface area contributed by atoms with E-state index in [4.69, 9.17) is 0 Å². The Morgan fingerprint density at radius 1 is 1.21 bits per heavy atom. The number of nitrogens with one attached hydrogen (secondary N) is 2. The normalized spacial score (nSPS) is 11.8. The van der Waals surface area contributed by atoms with Crippen molar-refractivity contribution in [2.75, 3.05) is 6.54 Å². The van der Waals surface area contributed by atoms with Crippen LogP contribution in [0.25, 0.3) is 0 Å². The second-order valence-electron chi connectivity index (χ2n) is 3.94. The summed E-state index contributed by atoms with van der Waals surface area (Å²) in [5.74, 6) is 0. The molecule has 19 heavy (non-hydrogen) atoms. The van der Waals surface area contributed by atoms with Crippen LogP contribution in [0.4, 0.5) is 0 Å². The fourth-order valence-corrected chi connectivity index (χ4v) is 4.68. The Labute approximate surface area is 121 Å². The summed E-state index contributed by atoms with van der Waals surface area (Å²) < 4.78 is 27.1. The molecule has 0 bridgehead atoms. The molecule has 2 N–H and O–H groups in total. The number of rotatable bonds is 7. The van der Waals surface area contributed by atoms with Gasteiger partial charge in [-0.15, -0.1) is 11.3 Å². The third kappa shape index (κ3) is 3.87. The molecular weight excluding hydrogens is 300 g/mol. The standard InChI is InChI=1S/C12H16N2O2S3/c1-2-13-8-11-12(4-6-18-11)19(15,16)14-7-10-3-5-17-9-10/h3-6,9,13-14H,2,7-8H2,1H3. The van der Waals surface area contributed by atoms with Gasteiger partial charge in [0, 0.05) is 18.0 Å². The minimum Gasteiger partial charge on any atom is -0.312 e. The first-order valence-electron chi connectivity index (χ1n) is 5.91. The van der Waals surface area contributed by atoms with Gasteiger partial charge >= 0.3 is 0 Å². The zero-order valence-corrected chi connectivity index (χ0v) is 13.0. The minimum absolute atomic E-state index is 0.336. The van der Waals surface area contributed by atoms with Gasteiger partial charge in [-0.1, -0.05) is 6.92 Å². The molecule has 104 valence electrons. The number of sulfonamides is 1. The molecule has 0 aliphatic carbocycles. The molecule has 2 rings (SSSR count). The lowest BCUT2D eigenvalue weighted by molar-refractivity contribution is 0.580. The summed E-state index contributed by atoms with van der Waals surface area (Å²) in [6, 6.07) is 3.58. The predicted molar refractivity (Wildman–Crippen MR) is 80.0 cm³/mol. The maximum atomic E-state index is 12.2. The molecular formula is C12H16N2O2S3. The Kier molecular flexibility index (Phi) is 5.12. The molecule has 0 saturated heterocycles. The van der Waals surface area contributed by atoms with Crippen molar-refractivity contribution < 1.29 is 8.42 Å². The van der Waals surface area contributed by atoms with Crippen molar-refractivity contribution in [3.63, 3.8) is 0 Å². The molecule has 0 radical (unpaired) electrons. The molecule has 0 saturated carbocycles. The summed E-state index contributed by atoms with van der Waals surface area (Å²) in [5, 5.41) is 8.84. The predicted octanol–water partition coefficient (Wildman–Crippen LogP) is 2.40. The van der Waals surface area contributed by atoms with Gasteiger partial charge in [0.25, 0.3) is 0 Å². The Morgan fingerprint density at radius 2 is 2.05 bits per heavy atom. The molecule has 0 aliphatic rings. The highest BCUT2D eigenvalue weighted by atomic mass is 32.2. The lowest BCUT2D eigenvalue weighted by Crippen LogP contribution is -2.24. The van der Waals surface area contributed by atoms with Crippen LogP contribution in [0.5, 0.6) is 0 Å². The van der Waals surface area contributed by atoms with Gasteiger partial charge in [0.05, 0.1) is 4.90 Å². The van der Waals surface area contributed by atoms with Crippen LogP contribution in [0.15, 0.2) is 33.2 Å². The van der Waals surface area contributed by atoms with Gasteiger partial charge in [0.2, 0.25) is 10.0 Å². The topological polar surface area (TPSA) is 58.2 Å². The van der Waals surface area contributed by atoms with E-state index in [0.717, 1.165) is 17.0 Å². The third-order valence-electron chi connectivity index (χ3n) is 2.58.